The summed E-state index contributed by atoms with van der Waals surface area (Å²) in [5.41, 5.74) is 2.62. The summed E-state index contributed by atoms with van der Waals surface area (Å²) in [4.78, 5) is 27.7. The second-order valence-electron chi connectivity index (χ2n) is 8.24. The number of hydrogen-bond acceptors (Lipinski definition) is 5. The number of nitrogens with zero attached hydrogens (tertiary/aromatic N) is 3. The van der Waals surface area contributed by atoms with E-state index in [1.807, 2.05) is 36.4 Å². The van der Waals surface area contributed by atoms with Crippen molar-refractivity contribution in [3.63, 3.8) is 0 Å². The standard InChI is InChI=1S/C26H21Cl2N3O4/c1-30(26(33)18-7-3-5-9-20(18)28)14-25(32)31-22(16-10-11-23-24(12-16)35-15-34-23)13-21(29-31)17-6-2-4-8-19(17)27/h2-12,22H,13-15H2,1H3. The molecule has 2 heterocycles. The Morgan fingerprint density at radius 3 is 2.49 bits per heavy atom. The van der Waals surface area contributed by atoms with Crippen molar-refractivity contribution >= 4 is 40.7 Å². The lowest BCUT2D eigenvalue weighted by molar-refractivity contribution is -0.133. The van der Waals surface area contributed by atoms with E-state index in [1.54, 1.807) is 37.4 Å². The molecule has 0 spiro atoms. The molecule has 0 fully saturated rings. The first-order valence-corrected chi connectivity index (χ1v) is 11.7. The minimum Gasteiger partial charge on any atom is -0.454 e. The third kappa shape index (κ3) is 4.57. The Morgan fingerprint density at radius 1 is 1.00 bits per heavy atom. The number of rotatable bonds is 5. The largest absolute Gasteiger partial charge is 0.454 e. The number of amides is 2. The molecule has 178 valence electrons. The molecule has 9 heteroatoms. The Bertz CT molecular complexity index is 1340. The Hall–Kier alpha value is -3.55. The minimum absolute atomic E-state index is 0.155. The van der Waals surface area contributed by atoms with Gasteiger partial charge < -0.3 is 14.4 Å². The molecule has 0 N–H and O–H groups in total. The molecule has 2 amide bonds. The summed E-state index contributed by atoms with van der Waals surface area (Å²) in [6.07, 6.45) is 0.456. The average Bonchev–Trinajstić information content (AvgIpc) is 3.51. The molecule has 0 saturated carbocycles. The van der Waals surface area contributed by atoms with E-state index >= 15 is 0 Å². The van der Waals surface area contributed by atoms with E-state index in [2.05, 4.69) is 5.10 Å². The minimum atomic E-state index is -0.396. The number of carbonyl (C=O) groups excluding carboxylic acids is 2. The molecule has 3 aromatic carbocycles. The molecule has 1 atom stereocenters. The summed E-state index contributed by atoms with van der Waals surface area (Å²) in [5, 5.41) is 6.96. The number of benzene rings is 3. The summed E-state index contributed by atoms with van der Waals surface area (Å²) in [7, 11) is 1.56. The summed E-state index contributed by atoms with van der Waals surface area (Å²) in [6.45, 7) is -0.0210. The number of likely N-dealkylation sites (N-methyl/N-ethyl adjacent to an activating group) is 1. The highest BCUT2D eigenvalue weighted by atomic mass is 35.5. The van der Waals surface area contributed by atoms with E-state index in [-0.39, 0.29) is 25.2 Å². The van der Waals surface area contributed by atoms with Crippen LogP contribution in [0.5, 0.6) is 11.5 Å². The maximum Gasteiger partial charge on any atom is 0.262 e. The maximum absolute atomic E-state index is 13.5. The molecular weight excluding hydrogens is 489 g/mol. The summed E-state index contributed by atoms with van der Waals surface area (Å²) in [5.74, 6) is 0.588. The topological polar surface area (TPSA) is 71.4 Å². The Morgan fingerprint density at radius 2 is 1.71 bits per heavy atom. The summed E-state index contributed by atoms with van der Waals surface area (Å²) in [6, 6.07) is 19.3. The lowest BCUT2D eigenvalue weighted by atomic mass is 9.98. The number of carbonyl (C=O) groups is 2. The van der Waals surface area contributed by atoms with Gasteiger partial charge in [-0.15, -0.1) is 0 Å². The van der Waals surface area contributed by atoms with E-state index in [1.165, 1.54) is 9.91 Å². The third-order valence-corrected chi connectivity index (χ3v) is 6.61. The van der Waals surface area contributed by atoms with Gasteiger partial charge in [-0.1, -0.05) is 59.6 Å². The van der Waals surface area contributed by atoms with Crippen molar-refractivity contribution < 1.29 is 19.1 Å². The fourth-order valence-electron chi connectivity index (χ4n) is 4.17. The number of ether oxygens (including phenoxy) is 2. The van der Waals surface area contributed by atoms with E-state index in [9.17, 15) is 9.59 Å². The predicted molar refractivity (Wildman–Crippen MR) is 133 cm³/mol. The molecule has 2 aliphatic rings. The van der Waals surface area contributed by atoms with Gasteiger partial charge >= 0.3 is 0 Å². The van der Waals surface area contributed by atoms with Crippen LogP contribution in [0, 0.1) is 0 Å². The Labute approximate surface area is 212 Å². The molecule has 7 nitrogen and oxygen atoms in total. The second kappa shape index (κ2) is 9.60. The third-order valence-electron chi connectivity index (χ3n) is 5.96. The Balaban J connectivity index is 1.44. The first-order valence-electron chi connectivity index (χ1n) is 11.0. The fourth-order valence-corrected chi connectivity index (χ4v) is 4.63. The van der Waals surface area contributed by atoms with Crippen LogP contribution in [-0.2, 0) is 4.79 Å². The van der Waals surface area contributed by atoms with Gasteiger partial charge in [-0.3, -0.25) is 9.59 Å². The molecular formula is C26H21Cl2N3O4. The van der Waals surface area contributed by atoms with E-state index in [4.69, 9.17) is 32.7 Å². The molecule has 0 saturated heterocycles. The van der Waals surface area contributed by atoms with Gasteiger partial charge in [0.1, 0.15) is 6.54 Å². The Kier molecular flexibility index (Phi) is 6.36. The van der Waals surface area contributed by atoms with Crippen molar-refractivity contribution in [3.05, 3.63) is 93.5 Å². The molecule has 0 bridgehead atoms. The fraction of sp³-hybridized carbons (Fsp3) is 0.192. The van der Waals surface area contributed by atoms with Crippen LogP contribution in [0.25, 0.3) is 0 Å². The van der Waals surface area contributed by atoms with Crippen LogP contribution < -0.4 is 9.47 Å². The number of halogens is 2. The summed E-state index contributed by atoms with van der Waals surface area (Å²) >= 11 is 12.6. The molecule has 1 unspecified atom stereocenters. The monoisotopic (exact) mass is 509 g/mol. The highest BCUT2D eigenvalue weighted by Crippen LogP contribution is 2.39. The normalized spacial score (nSPS) is 16.3. The molecule has 5 rings (SSSR count). The zero-order valence-corrected chi connectivity index (χ0v) is 20.3. The summed E-state index contributed by atoms with van der Waals surface area (Å²) < 4.78 is 11.0. The zero-order valence-electron chi connectivity index (χ0n) is 18.8. The quantitative estimate of drug-likeness (QED) is 0.475. The molecule has 35 heavy (non-hydrogen) atoms. The van der Waals surface area contributed by atoms with Gasteiger partial charge in [-0.2, -0.15) is 5.10 Å². The van der Waals surface area contributed by atoms with Gasteiger partial charge in [0, 0.05) is 24.1 Å². The lowest BCUT2D eigenvalue weighted by Crippen LogP contribution is -2.39. The maximum atomic E-state index is 13.5. The predicted octanol–water partition coefficient (Wildman–Crippen LogP) is 5.17. The molecule has 3 aromatic rings. The molecule has 0 aromatic heterocycles. The lowest BCUT2D eigenvalue weighted by Gasteiger charge is -2.25. The van der Waals surface area contributed by atoms with Crippen molar-refractivity contribution in [2.45, 2.75) is 12.5 Å². The molecule has 0 aliphatic carbocycles. The van der Waals surface area contributed by atoms with Crippen LogP contribution >= 0.6 is 23.2 Å². The van der Waals surface area contributed by atoms with Crippen LogP contribution in [0.1, 0.15) is 33.9 Å². The first kappa shape index (κ1) is 23.2. The van der Waals surface area contributed by atoms with Crippen molar-refractivity contribution in [2.75, 3.05) is 20.4 Å². The zero-order chi connectivity index (χ0) is 24.5. The van der Waals surface area contributed by atoms with Gasteiger partial charge in [0.05, 0.1) is 22.3 Å². The van der Waals surface area contributed by atoms with Crippen LogP contribution in [0.15, 0.2) is 71.8 Å². The molecule has 2 aliphatic heterocycles. The van der Waals surface area contributed by atoms with Crippen molar-refractivity contribution in [1.82, 2.24) is 9.91 Å². The van der Waals surface area contributed by atoms with E-state index < -0.39 is 6.04 Å². The van der Waals surface area contributed by atoms with Crippen LogP contribution in [0.3, 0.4) is 0 Å². The van der Waals surface area contributed by atoms with Gasteiger partial charge in [0.2, 0.25) is 6.79 Å². The number of hydrogen-bond donors (Lipinski definition) is 0. The van der Waals surface area contributed by atoms with Crippen molar-refractivity contribution in [1.29, 1.82) is 0 Å². The highest BCUT2D eigenvalue weighted by Gasteiger charge is 2.35. The van der Waals surface area contributed by atoms with Gasteiger partial charge in [0.25, 0.3) is 11.8 Å². The number of hydrazone groups is 1. The van der Waals surface area contributed by atoms with Crippen molar-refractivity contribution in [2.24, 2.45) is 5.10 Å². The molecule has 0 radical (unpaired) electrons. The second-order valence-corrected chi connectivity index (χ2v) is 9.05. The SMILES string of the molecule is CN(CC(=O)N1N=C(c2ccccc2Cl)CC1c1ccc2c(c1)OCO2)C(=O)c1ccccc1Cl. The van der Waals surface area contributed by atoms with Crippen LogP contribution in [0.2, 0.25) is 10.0 Å². The van der Waals surface area contributed by atoms with Crippen molar-refractivity contribution in [3.8, 4) is 11.5 Å². The highest BCUT2D eigenvalue weighted by molar-refractivity contribution is 6.34. The van der Waals surface area contributed by atoms with E-state index in [0.717, 1.165) is 11.1 Å². The first-order chi connectivity index (χ1) is 16.9. The van der Waals surface area contributed by atoms with Crippen LogP contribution in [-0.4, -0.2) is 47.8 Å². The smallest absolute Gasteiger partial charge is 0.262 e. The van der Waals surface area contributed by atoms with E-state index in [0.29, 0.717) is 39.2 Å². The number of fused-ring (bicyclic) bond motifs is 1. The van der Waals surface area contributed by atoms with Gasteiger partial charge in [0.15, 0.2) is 11.5 Å². The van der Waals surface area contributed by atoms with Gasteiger partial charge in [-0.05, 0) is 35.9 Å². The van der Waals surface area contributed by atoms with Crippen LogP contribution in [0.4, 0.5) is 0 Å². The average molecular weight is 510 g/mol. The van der Waals surface area contributed by atoms with Gasteiger partial charge in [-0.25, -0.2) is 5.01 Å².